The molecule has 0 radical (unpaired) electrons. The summed E-state index contributed by atoms with van der Waals surface area (Å²) in [6.07, 6.45) is 3.52. The van der Waals surface area contributed by atoms with Gasteiger partial charge in [-0.3, -0.25) is 9.59 Å². The summed E-state index contributed by atoms with van der Waals surface area (Å²) in [6, 6.07) is 12.5. The van der Waals surface area contributed by atoms with Gasteiger partial charge in [0, 0.05) is 23.5 Å². The monoisotopic (exact) mass is 370 g/mol. The van der Waals surface area contributed by atoms with Gasteiger partial charge in [-0.05, 0) is 66.8 Å². The standard InChI is InChI=1S/C20H22N2O3S/c23-17-7-4-15(5-8-17)20(25)22-11-10-21-19(24)13-26-18-9-6-14-2-1-3-16(14)12-18/h4-9,12,23H,1-3,10-11,13H2,(H,21,24)(H,22,25). The Bertz CT molecular complexity index is 790. The summed E-state index contributed by atoms with van der Waals surface area (Å²) in [6.45, 7) is 0.738. The molecular weight excluding hydrogens is 348 g/mol. The van der Waals surface area contributed by atoms with Crippen molar-refractivity contribution in [2.75, 3.05) is 18.8 Å². The first-order chi connectivity index (χ1) is 12.6. The molecule has 0 fully saturated rings. The van der Waals surface area contributed by atoms with Crippen molar-refractivity contribution in [3.63, 3.8) is 0 Å². The van der Waals surface area contributed by atoms with Gasteiger partial charge in [-0.15, -0.1) is 11.8 Å². The number of fused-ring (bicyclic) bond motifs is 1. The van der Waals surface area contributed by atoms with E-state index in [2.05, 4.69) is 28.8 Å². The third-order valence-electron chi connectivity index (χ3n) is 4.30. The summed E-state index contributed by atoms with van der Waals surface area (Å²) < 4.78 is 0. The van der Waals surface area contributed by atoms with Crippen molar-refractivity contribution in [2.45, 2.75) is 24.2 Å². The van der Waals surface area contributed by atoms with Crippen molar-refractivity contribution in [1.82, 2.24) is 10.6 Å². The lowest BCUT2D eigenvalue weighted by Gasteiger charge is -2.08. The molecule has 5 nitrogen and oxygen atoms in total. The lowest BCUT2D eigenvalue weighted by atomic mass is 10.1. The number of phenols is 1. The largest absolute Gasteiger partial charge is 0.508 e. The quantitative estimate of drug-likeness (QED) is 0.517. The van der Waals surface area contributed by atoms with Gasteiger partial charge in [-0.1, -0.05) is 6.07 Å². The fraction of sp³-hybridized carbons (Fsp3) is 0.300. The Kier molecular flexibility index (Phi) is 6.17. The molecule has 26 heavy (non-hydrogen) atoms. The number of aromatic hydroxyl groups is 1. The highest BCUT2D eigenvalue weighted by Crippen LogP contribution is 2.27. The van der Waals surface area contributed by atoms with Gasteiger partial charge in [0.1, 0.15) is 5.75 Å². The predicted molar refractivity (Wildman–Crippen MR) is 103 cm³/mol. The van der Waals surface area contributed by atoms with Crippen molar-refractivity contribution < 1.29 is 14.7 Å². The molecule has 6 heteroatoms. The van der Waals surface area contributed by atoms with Gasteiger partial charge in [0.15, 0.2) is 0 Å². The minimum Gasteiger partial charge on any atom is -0.508 e. The van der Waals surface area contributed by atoms with Crippen molar-refractivity contribution in [3.05, 3.63) is 59.2 Å². The molecule has 3 N–H and O–H groups in total. The summed E-state index contributed by atoms with van der Waals surface area (Å²) in [7, 11) is 0. The van der Waals surface area contributed by atoms with E-state index in [1.54, 1.807) is 12.1 Å². The average Bonchev–Trinajstić information content (AvgIpc) is 3.11. The summed E-state index contributed by atoms with van der Waals surface area (Å²) in [5, 5.41) is 14.8. The van der Waals surface area contributed by atoms with Gasteiger partial charge in [-0.2, -0.15) is 0 Å². The van der Waals surface area contributed by atoms with Gasteiger partial charge in [0.25, 0.3) is 5.91 Å². The SMILES string of the molecule is O=C(CSc1ccc2c(c1)CCC2)NCCNC(=O)c1ccc(O)cc1. The molecule has 2 amide bonds. The number of benzene rings is 2. The maximum Gasteiger partial charge on any atom is 0.251 e. The fourth-order valence-electron chi connectivity index (χ4n) is 2.93. The van der Waals surface area contributed by atoms with E-state index in [1.807, 2.05) is 0 Å². The molecule has 3 rings (SSSR count). The number of nitrogens with one attached hydrogen (secondary N) is 2. The summed E-state index contributed by atoms with van der Waals surface area (Å²) >= 11 is 1.53. The number of hydrogen-bond donors (Lipinski definition) is 3. The zero-order chi connectivity index (χ0) is 18.4. The van der Waals surface area contributed by atoms with Crippen LogP contribution in [0.2, 0.25) is 0 Å². The highest BCUT2D eigenvalue weighted by atomic mass is 32.2. The van der Waals surface area contributed by atoms with E-state index in [0.717, 1.165) is 17.7 Å². The molecule has 0 unspecified atom stereocenters. The van der Waals surface area contributed by atoms with Crippen LogP contribution in [0.15, 0.2) is 47.4 Å². The van der Waals surface area contributed by atoms with Gasteiger partial charge in [0.05, 0.1) is 5.75 Å². The van der Waals surface area contributed by atoms with Crippen LogP contribution in [0.5, 0.6) is 5.75 Å². The average molecular weight is 370 g/mol. The van der Waals surface area contributed by atoms with Gasteiger partial charge in [-0.25, -0.2) is 0 Å². The maximum absolute atomic E-state index is 11.9. The number of rotatable bonds is 7. The Hall–Kier alpha value is -2.47. The topological polar surface area (TPSA) is 78.4 Å². The molecule has 0 spiro atoms. The van der Waals surface area contributed by atoms with Crippen LogP contribution < -0.4 is 10.6 Å². The molecule has 1 aliphatic rings. The molecule has 0 saturated heterocycles. The third kappa shape index (κ3) is 5.02. The zero-order valence-electron chi connectivity index (χ0n) is 14.5. The van der Waals surface area contributed by atoms with Gasteiger partial charge in [0.2, 0.25) is 5.91 Å². The number of hydrogen-bond acceptors (Lipinski definition) is 4. The van der Waals surface area contributed by atoms with E-state index in [9.17, 15) is 14.7 Å². The van der Waals surface area contributed by atoms with Crippen molar-refractivity contribution in [1.29, 1.82) is 0 Å². The number of carbonyl (C=O) groups excluding carboxylic acids is 2. The highest BCUT2D eigenvalue weighted by molar-refractivity contribution is 8.00. The van der Waals surface area contributed by atoms with Crippen LogP contribution in [0.3, 0.4) is 0 Å². The Morgan fingerprint density at radius 1 is 0.962 bits per heavy atom. The molecule has 0 aliphatic heterocycles. The number of thioether (sulfide) groups is 1. The molecule has 0 atom stereocenters. The molecule has 2 aromatic rings. The number of amides is 2. The minimum absolute atomic E-state index is 0.0469. The Balaban J connectivity index is 1.34. The normalized spacial score (nSPS) is 12.5. The van der Waals surface area contributed by atoms with Crippen LogP contribution in [0.25, 0.3) is 0 Å². The molecular formula is C20H22N2O3S. The number of aryl methyl sites for hydroxylation is 2. The number of carbonyl (C=O) groups is 2. The minimum atomic E-state index is -0.230. The summed E-state index contributed by atoms with van der Waals surface area (Å²) in [5.41, 5.74) is 3.32. The van der Waals surface area contributed by atoms with Crippen LogP contribution in [-0.4, -0.2) is 35.8 Å². The lowest BCUT2D eigenvalue weighted by Crippen LogP contribution is -2.35. The zero-order valence-corrected chi connectivity index (χ0v) is 15.3. The number of phenolic OH excluding ortho intramolecular Hbond substituents is 1. The van der Waals surface area contributed by atoms with Crippen LogP contribution in [0.4, 0.5) is 0 Å². The lowest BCUT2D eigenvalue weighted by molar-refractivity contribution is -0.118. The van der Waals surface area contributed by atoms with Gasteiger partial charge < -0.3 is 15.7 Å². The fourth-order valence-corrected chi connectivity index (χ4v) is 3.72. The summed E-state index contributed by atoms with van der Waals surface area (Å²) in [5.74, 6) is 0.209. The van der Waals surface area contributed by atoms with E-state index in [0.29, 0.717) is 24.4 Å². The van der Waals surface area contributed by atoms with Crippen molar-refractivity contribution in [2.24, 2.45) is 0 Å². The third-order valence-corrected chi connectivity index (χ3v) is 5.30. The van der Waals surface area contributed by atoms with E-state index in [-0.39, 0.29) is 17.6 Å². The second-order valence-electron chi connectivity index (χ2n) is 6.23. The molecule has 0 heterocycles. The highest BCUT2D eigenvalue weighted by Gasteiger charge is 2.11. The first kappa shape index (κ1) is 18.3. The van der Waals surface area contributed by atoms with Crippen LogP contribution in [0.1, 0.15) is 27.9 Å². The molecule has 1 aliphatic carbocycles. The summed E-state index contributed by atoms with van der Waals surface area (Å²) in [4.78, 5) is 25.0. The first-order valence-electron chi connectivity index (χ1n) is 8.70. The van der Waals surface area contributed by atoms with E-state index in [1.165, 1.54) is 41.4 Å². The van der Waals surface area contributed by atoms with Crippen molar-refractivity contribution >= 4 is 23.6 Å². The van der Waals surface area contributed by atoms with Crippen molar-refractivity contribution in [3.8, 4) is 5.75 Å². The Morgan fingerprint density at radius 3 is 2.50 bits per heavy atom. The van der Waals surface area contributed by atoms with Crippen LogP contribution >= 0.6 is 11.8 Å². The molecule has 0 saturated carbocycles. The van der Waals surface area contributed by atoms with E-state index in [4.69, 9.17) is 0 Å². The molecule has 0 bridgehead atoms. The van der Waals surface area contributed by atoms with Crippen LogP contribution in [0, 0.1) is 0 Å². The Morgan fingerprint density at radius 2 is 1.69 bits per heavy atom. The van der Waals surface area contributed by atoms with E-state index >= 15 is 0 Å². The second-order valence-corrected chi connectivity index (χ2v) is 7.27. The smallest absolute Gasteiger partial charge is 0.251 e. The Labute approximate surface area is 157 Å². The molecule has 0 aromatic heterocycles. The first-order valence-corrected chi connectivity index (χ1v) is 9.69. The molecule has 136 valence electrons. The second kappa shape index (κ2) is 8.76. The van der Waals surface area contributed by atoms with Crippen LogP contribution in [-0.2, 0) is 17.6 Å². The molecule has 2 aromatic carbocycles. The van der Waals surface area contributed by atoms with Gasteiger partial charge >= 0.3 is 0 Å². The van der Waals surface area contributed by atoms with E-state index < -0.39 is 0 Å². The predicted octanol–water partition coefficient (Wildman–Crippen LogP) is 2.52. The maximum atomic E-state index is 11.9.